The molecule has 0 fully saturated rings. The topological polar surface area (TPSA) is 48.9 Å². The van der Waals surface area contributed by atoms with Crippen molar-refractivity contribution in [1.29, 1.82) is 0 Å². The molecule has 0 radical (unpaired) electrons. The second-order valence-corrected chi connectivity index (χ2v) is 3.33. The van der Waals surface area contributed by atoms with Crippen LogP contribution in [0, 0.1) is 0 Å². The fourth-order valence-electron chi connectivity index (χ4n) is 1.76. The molecule has 1 aromatic heterocycles. The Bertz CT molecular complexity index is 244. The quantitative estimate of drug-likeness (QED) is 0.615. The number of aromatic nitrogens is 2. The minimum Gasteiger partial charge on any atom is -0.388 e. The standard InChI is InChI=1S/C9H14N2O/c12-6-9-10-7-4-2-1-3-5-8(7)11-9/h12H,1-6H2,(H,10,11). The zero-order chi connectivity index (χ0) is 8.39. The van der Waals surface area contributed by atoms with Crippen molar-refractivity contribution in [3.05, 3.63) is 17.2 Å². The molecule has 3 heteroatoms. The lowest BCUT2D eigenvalue weighted by molar-refractivity contribution is 0.272. The van der Waals surface area contributed by atoms with Gasteiger partial charge in [-0.15, -0.1) is 0 Å². The second kappa shape index (κ2) is 3.27. The van der Waals surface area contributed by atoms with E-state index in [1.165, 1.54) is 30.7 Å². The van der Waals surface area contributed by atoms with E-state index in [1.54, 1.807) is 0 Å². The van der Waals surface area contributed by atoms with Crippen molar-refractivity contribution >= 4 is 0 Å². The van der Waals surface area contributed by atoms with Gasteiger partial charge in [-0.25, -0.2) is 4.98 Å². The molecule has 0 bridgehead atoms. The van der Waals surface area contributed by atoms with Gasteiger partial charge in [0.15, 0.2) is 0 Å². The number of nitrogens with zero attached hydrogens (tertiary/aromatic N) is 1. The molecule has 0 saturated heterocycles. The fraction of sp³-hybridized carbons (Fsp3) is 0.667. The summed E-state index contributed by atoms with van der Waals surface area (Å²) in [7, 11) is 0. The number of rotatable bonds is 1. The third-order valence-corrected chi connectivity index (χ3v) is 2.40. The molecule has 0 saturated carbocycles. The summed E-state index contributed by atoms with van der Waals surface area (Å²) in [5.41, 5.74) is 2.42. The zero-order valence-electron chi connectivity index (χ0n) is 7.14. The van der Waals surface area contributed by atoms with Gasteiger partial charge in [-0.1, -0.05) is 6.42 Å². The summed E-state index contributed by atoms with van der Waals surface area (Å²) in [4.78, 5) is 7.49. The summed E-state index contributed by atoms with van der Waals surface area (Å²) in [6, 6.07) is 0. The Morgan fingerprint density at radius 2 is 2.08 bits per heavy atom. The monoisotopic (exact) mass is 166 g/mol. The lowest BCUT2D eigenvalue weighted by atomic mass is 10.2. The Labute approximate surface area is 71.8 Å². The van der Waals surface area contributed by atoms with E-state index in [2.05, 4.69) is 9.97 Å². The molecular weight excluding hydrogens is 152 g/mol. The molecule has 2 rings (SSSR count). The first-order valence-corrected chi connectivity index (χ1v) is 4.57. The van der Waals surface area contributed by atoms with E-state index in [1.807, 2.05) is 0 Å². The first-order chi connectivity index (χ1) is 5.90. The van der Waals surface area contributed by atoms with E-state index in [4.69, 9.17) is 5.11 Å². The molecule has 1 aromatic rings. The van der Waals surface area contributed by atoms with Crippen LogP contribution in [-0.4, -0.2) is 15.1 Å². The van der Waals surface area contributed by atoms with Gasteiger partial charge in [-0.05, 0) is 25.7 Å². The number of aromatic amines is 1. The smallest absolute Gasteiger partial charge is 0.132 e. The Morgan fingerprint density at radius 1 is 1.25 bits per heavy atom. The molecule has 66 valence electrons. The Balaban J connectivity index is 2.26. The Morgan fingerprint density at radius 3 is 2.92 bits per heavy atom. The van der Waals surface area contributed by atoms with Crippen LogP contribution in [0.25, 0.3) is 0 Å². The number of hydrogen-bond donors (Lipinski definition) is 2. The number of aliphatic hydroxyl groups excluding tert-OH is 1. The molecule has 0 atom stereocenters. The molecule has 0 aromatic carbocycles. The van der Waals surface area contributed by atoms with Crippen molar-refractivity contribution in [2.75, 3.05) is 0 Å². The van der Waals surface area contributed by atoms with Crippen molar-refractivity contribution < 1.29 is 5.11 Å². The normalized spacial score (nSPS) is 17.1. The van der Waals surface area contributed by atoms with Crippen LogP contribution in [0.5, 0.6) is 0 Å². The van der Waals surface area contributed by atoms with Crippen LogP contribution in [0.3, 0.4) is 0 Å². The van der Waals surface area contributed by atoms with Crippen molar-refractivity contribution in [3.8, 4) is 0 Å². The summed E-state index contributed by atoms with van der Waals surface area (Å²) in [6.45, 7) is 0.0347. The summed E-state index contributed by atoms with van der Waals surface area (Å²) in [5, 5.41) is 8.86. The lowest BCUT2D eigenvalue weighted by Gasteiger charge is -1.92. The van der Waals surface area contributed by atoms with Gasteiger partial charge < -0.3 is 10.1 Å². The van der Waals surface area contributed by atoms with Gasteiger partial charge in [0.25, 0.3) is 0 Å². The zero-order valence-corrected chi connectivity index (χ0v) is 7.14. The van der Waals surface area contributed by atoms with E-state index >= 15 is 0 Å². The third kappa shape index (κ3) is 1.37. The van der Waals surface area contributed by atoms with Gasteiger partial charge in [-0.2, -0.15) is 0 Å². The van der Waals surface area contributed by atoms with Crippen LogP contribution in [0.2, 0.25) is 0 Å². The van der Waals surface area contributed by atoms with Crippen LogP contribution in [0.15, 0.2) is 0 Å². The number of imidazole rings is 1. The van der Waals surface area contributed by atoms with Gasteiger partial charge in [0, 0.05) is 5.69 Å². The maximum atomic E-state index is 8.86. The maximum Gasteiger partial charge on any atom is 0.132 e. The lowest BCUT2D eigenvalue weighted by Crippen LogP contribution is -1.87. The van der Waals surface area contributed by atoms with E-state index in [0.717, 1.165) is 18.7 Å². The minimum atomic E-state index is 0.0347. The van der Waals surface area contributed by atoms with E-state index in [9.17, 15) is 0 Å². The molecule has 3 nitrogen and oxygen atoms in total. The molecule has 0 spiro atoms. The van der Waals surface area contributed by atoms with Crippen molar-refractivity contribution in [3.63, 3.8) is 0 Å². The molecule has 0 unspecified atom stereocenters. The van der Waals surface area contributed by atoms with Crippen molar-refractivity contribution in [2.45, 2.75) is 38.7 Å². The second-order valence-electron chi connectivity index (χ2n) is 3.33. The number of aryl methyl sites for hydroxylation is 2. The third-order valence-electron chi connectivity index (χ3n) is 2.40. The number of fused-ring (bicyclic) bond motifs is 1. The highest BCUT2D eigenvalue weighted by Crippen LogP contribution is 2.18. The van der Waals surface area contributed by atoms with Crippen LogP contribution < -0.4 is 0 Å². The molecule has 0 amide bonds. The van der Waals surface area contributed by atoms with E-state index in [0.29, 0.717) is 0 Å². The minimum absolute atomic E-state index is 0.0347. The molecule has 1 aliphatic rings. The van der Waals surface area contributed by atoms with Gasteiger partial charge in [0.05, 0.1) is 5.69 Å². The number of nitrogens with one attached hydrogen (secondary N) is 1. The molecule has 2 N–H and O–H groups in total. The SMILES string of the molecule is OCc1nc2c([nH]1)CCCCC2. The number of H-pyrrole nitrogens is 1. The predicted octanol–water partition coefficient (Wildman–Crippen LogP) is 1.17. The van der Waals surface area contributed by atoms with Gasteiger partial charge in [0.2, 0.25) is 0 Å². The van der Waals surface area contributed by atoms with Crippen LogP contribution >= 0.6 is 0 Å². The van der Waals surface area contributed by atoms with Gasteiger partial charge in [0.1, 0.15) is 12.4 Å². The highest BCUT2D eigenvalue weighted by Gasteiger charge is 2.11. The van der Waals surface area contributed by atoms with E-state index in [-0.39, 0.29) is 6.61 Å². The molecule has 1 aliphatic carbocycles. The Hall–Kier alpha value is -0.830. The fourth-order valence-corrected chi connectivity index (χ4v) is 1.76. The predicted molar refractivity (Wildman–Crippen MR) is 45.8 cm³/mol. The van der Waals surface area contributed by atoms with E-state index < -0.39 is 0 Å². The average Bonchev–Trinajstić information content (AvgIpc) is 2.37. The largest absolute Gasteiger partial charge is 0.388 e. The van der Waals surface area contributed by atoms with Gasteiger partial charge >= 0.3 is 0 Å². The number of aliphatic hydroxyl groups is 1. The Kier molecular flexibility index (Phi) is 2.13. The summed E-state index contributed by atoms with van der Waals surface area (Å²) < 4.78 is 0. The molecular formula is C9H14N2O. The summed E-state index contributed by atoms with van der Waals surface area (Å²) in [6.07, 6.45) is 5.97. The van der Waals surface area contributed by atoms with Crippen molar-refractivity contribution in [2.24, 2.45) is 0 Å². The molecule has 12 heavy (non-hydrogen) atoms. The number of hydrogen-bond acceptors (Lipinski definition) is 2. The highest BCUT2D eigenvalue weighted by atomic mass is 16.3. The van der Waals surface area contributed by atoms with Crippen molar-refractivity contribution in [1.82, 2.24) is 9.97 Å². The summed E-state index contributed by atoms with van der Waals surface area (Å²) >= 11 is 0. The van der Waals surface area contributed by atoms with Crippen LogP contribution in [0.4, 0.5) is 0 Å². The van der Waals surface area contributed by atoms with Crippen LogP contribution in [-0.2, 0) is 19.4 Å². The summed E-state index contributed by atoms with van der Waals surface area (Å²) in [5.74, 6) is 0.724. The maximum absolute atomic E-state index is 8.86. The average molecular weight is 166 g/mol. The molecule has 1 heterocycles. The van der Waals surface area contributed by atoms with Crippen LogP contribution in [0.1, 0.15) is 36.5 Å². The first-order valence-electron chi connectivity index (χ1n) is 4.57. The first kappa shape index (κ1) is 7.80. The molecule has 0 aliphatic heterocycles. The van der Waals surface area contributed by atoms with Gasteiger partial charge in [-0.3, -0.25) is 0 Å². The highest BCUT2D eigenvalue weighted by molar-refractivity contribution is 5.16.